The third-order valence-corrected chi connectivity index (χ3v) is 5.52. The van der Waals surface area contributed by atoms with Gasteiger partial charge in [0.25, 0.3) is 5.91 Å². The summed E-state index contributed by atoms with van der Waals surface area (Å²) in [6.07, 6.45) is 1.79. The molecule has 0 radical (unpaired) electrons. The Morgan fingerprint density at radius 3 is 2.73 bits per heavy atom. The second-order valence-electron chi connectivity index (χ2n) is 6.19. The number of aryl methyl sites for hydroxylation is 1. The number of aromatic nitrogens is 3. The van der Waals surface area contributed by atoms with Gasteiger partial charge < -0.3 is 14.5 Å². The third kappa shape index (κ3) is 3.12. The molecule has 0 N–H and O–H groups in total. The summed E-state index contributed by atoms with van der Waals surface area (Å²) in [4.78, 5) is 21.4. The van der Waals surface area contributed by atoms with E-state index in [2.05, 4.69) is 16.1 Å². The maximum Gasteiger partial charge on any atom is 0.274 e. The summed E-state index contributed by atoms with van der Waals surface area (Å²) in [5, 5.41) is 5.19. The average molecular weight is 371 g/mol. The normalized spacial score (nSPS) is 14.8. The molecule has 8 heteroatoms. The number of ether oxygens (including phenoxy) is 1. The number of hydrogen-bond donors (Lipinski definition) is 0. The van der Waals surface area contributed by atoms with Crippen molar-refractivity contribution in [2.24, 2.45) is 7.05 Å². The number of benzene rings is 1. The first kappa shape index (κ1) is 16.8. The lowest BCUT2D eigenvalue weighted by Crippen LogP contribution is -2.48. The van der Waals surface area contributed by atoms with Crippen molar-refractivity contribution in [1.82, 2.24) is 19.7 Å². The minimum Gasteiger partial charge on any atom is -0.492 e. The molecule has 1 amide bonds. The fraction of sp³-hybridized carbons (Fsp3) is 0.389. The van der Waals surface area contributed by atoms with E-state index < -0.39 is 0 Å². The largest absolute Gasteiger partial charge is 0.492 e. The smallest absolute Gasteiger partial charge is 0.274 e. The number of anilines is 1. The molecule has 3 aromatic rings. The van der Waals surface area contributed by atoms with Crippen molar-refractivity contribution in [2.45, 2.75) is 6.92 Å². The summed E-state index contributed by atoms with van der Waals surface area (Å²) in [6, 6.07) is 7.79. The number of para-hydroxylation sites is 1. The molecule has 0 aliphatic carbocycles. The Labute approximate surface area is 155 Å². The first-order valence-electron chi connectivity index (χ1n) is 8.72. The van der Waals surface area contributed by atoms with Gasteiger partial charge in [-0.2, -0.15) is 5.10 Å². The number of amides is 1. The van der Waals surface area contributed by atoms with Gasteiger partial charge in [0.15, 0.2) is 5.13 Å². The molecule has 1 aliphatic heterocycles. The number of nitrogens with zero attached hydrogens (tertiary/aromatic N) is 5. The highest BCUT2D eigenvalue weighted by atomic mass is 32.1. The summed E-state index contributed by atoms with van der Waals surface area (Å²) in [6.45, 7) is 5.47. The second-order valence-corrected chi connectivity index (χ2v) is 7.20. The Kier molecular flexibility index (Phi) is 4.50. The van der Waals surface area contributed by atoms with Crippen LogP contribution in [0.4, 0.5) is 5.13 Å². The van der Waals surface area contributed by atoms with Crippen molar-refractivity contribution in [1.29, 1.82) is 0 Å². The summed E-state index contributed by atoms with van der Waals surface area (Å²) >= 11 is 1.67. The SMILES string of the molecule is CCOc1cccc2sc(N3CCN(C(=O)c4ccn(C)n4)CC3)nc12. The van der Waals surface area contributed by atoms with Crippen LogP contribution in [0.2, 0.25) is 0 Å². The van der Waals surface area contributed by atoms with Crippen LogP contribution in [0.1, 0.15) is 17.4 Å². The molecule has 4 rings (SSSR count). The third-order valence-electron chi connectivity index (χ3n) is 4.44. The van der Waals surface area contributed by atoms with Gasteiger partial charge in [-0.3, -0.25) is 9.48 Å². The van der Waals surface area contributed by atoms with E-state index in [9.17, 15) is 4.79 Å². The molecule has 0 saturated carbocycles. The van der Waals surface area contributed by atoms with E-state index in [0.29, 0.717) is 25.4 Å². The Morgan fingerprint density at radius 2 is 2.04 bits per heavy atom. The van der Waals surface area contributed by atoms with Crippen LogP contribution in [0.15, 0.2) is 30.5 Å². The average Bonchev–Trinajstić information content (AvgIpc) is 3.28. The van der Waals surface area contributed by atoms with Gasteiger partial charge >= 0.3 is 0 Å². The zero-order valence-corrected chi connectivity index (χ0v) is 15.7. The van der Waals surface area contributed by atoms with Crippen LogP contribution < -0.4 is 9.64 Å². The highest BCUT2D eigenvalue weighted by Crippen LogP contribution is 2.34. The van der Waals surface area contributed by atoms with Crippen molar-refractivity contribution >= 4 is 32.6 Å². The summed E-state index contributed by atoms with van der Waals surface area (Å²) in [7, 11) is 1.82. The van der Waals surface area contributed by atoms with Gasteiger partial charge in [0.2, 0.25) is 0 Å². The van der Waals surface area contributed by atoms with Crippen LogP contribution in [-0.4, -0.2) is 58.4 Å². The predicted molar refractivity (Wildman–Crippen MR) is 102 cm³/mol. The van der Waals surface area contributed by atoms with Crippen LogP contribution in [0.3, 0.4) is 0 Å². The monoisotopic (exact) mass is 371 g/mol. The molecule has 1 aromatic carbocycles. The number of hydrogen-bond acceptors (Lipinski definition) is 6. The number of carbonyl (C=O) groups excluding carboxylic acids is 1. The van der Waals surface area contributed by atoms with Gasteiger partial charge in [-0.1, -0.05) is 17.4 Å². The fourth-order valence-electron chi connectivity index (χ4n) is 3.11. The van der Waals surface area contributed by atoms with Crippen LogP contribution in [0.25, 0.3) is 10.2 Å². The molecule has 2 aromatic heterocycles. The lowest BCUT2D eigenvalue weighted by atomic mass is 10.3. The van der Waals surface area contributed by atoms with E-state index in [1.807, 2.05) is 31.0 Å². The van der Waals surface area contributed by atoms with E-state index in [-0.39, 0.29) is 5.91 Å². The van der Waals surface area contributed by atoms with Gasteiger partial charge in [-0.05, 0) is 25.1 Å². The van der Waals surface area contributed by atoms with Gasteiger partial charge in [-0.25, -0.2) is 4.98 Å². The Bertz CT molecular complexity index is 927. The second kappa shape index (κ2) is 6.95. The predicted octanol–water partition coefficient (Wildman–Crippen LogP) is 2.39. The zero-order chi connectivity index (χ0) is 18.1. The van der Waals surface area contributed by atoms with Gasteiger partial charge in [-0.15, -0.1) is 0 Å². The van der Waals surface area contributed by atoms with E-state index >= 15 is 0 Å². The number of carbonyl (C=O) groups is 1. The summed E-state index contributed by atoms with van der Waals surface area (Å²) in [5.41, 5.74) is 1.42. The molecule has 1 fully saturated rings. The van der Waals surface area contributed by atoms with Crippen LogP contribution in [0, 0.1) is 0 Å². The van der Waals surface area contributed by atoms with Crippen LogP contribution >= 0.6 is 11.3 Å². The van der Waals surface area contributed by atoms with E-state index in [1.165, 1.54) is 0 Å². The number of fused-ring (bicyclic) bond motifs is 1. The molecule has 0 spiro atoms. The van der Waals surface area contributed by atoms with Crippen molar-refractivity contribution in [3.05, 3.63) is 36.2 Å². The molecule has 0 atom stereocenters. The van der Waals surface area contributed by atoms with Gasteiger partial charge in [0.05, 0.1) is 11.3 Å². The van der Waals surface area contributed by atoms with Crippen molar-refractivity contribution in [3.63, 3.8) is 0 Å². The van der Waals surface area contributed by atoms with Gasteiger partial charge in [0, 0.05) is 39.4 Å². The topological polar surface area (TPSA) is 63.5 Å². The quantitative estimate of drug-likeness (QED) is 0.705. The first-order chi connectivity index (χ1) is 12.7. The van der Waals surface area contributed by atoms with E-state index in [4.69, 9.17) is 9.72 Å². The lowest BCUT2D eigenvalue weighted by molar-refractivity contribution is 0.0740. The van der Waals surface area contributed by atoms with E-state index in [1.54, 1.807) is 28.3 Å². The Hall–Kier alpha value is -2.61. The number of thiazole rings is 1. The van der Waals surface area contributed by atoms with E-state index in [0.717, 1.165) is 34.2 Å². The molecule has 0 unspecified atom stereocenters. The fourth-order valence-corrected chi connectivity index (χ4v) is 4.15. The summed E-state index contributed by atoms with van der Waals surface area (Å²) in [5.74, 6) is 0.824. The summed E-state index contributed by atoms with van der Waals surface area (Å²) < 4.78 is 8.46. The van der Waals surface area contributed by atoms with Crippen molar-refractivity contribution in [3.8, 4) is 5.75 Å². The number of rotatable bonds is 4. The molecule has 136 valence electrons. The molecule has 3 heterocycles. The Balaban J connectivity index is 1.47. The molecule has 1 saturated heterocycles. The van der Waals surface area contributed by atoms with Crippen molar-refractivity contribution < 1.29 is 9.53 Å². The van der Waals surface area contributed by atoms with Gasteiger partial charge in [0.1, 0.15) is 17.0 Å². The van der Waals surface area contributed by atoms with Crippen molar-refractivity contribution in [2.75, 3.05) is 37.7 Å². The highest BCUT2D eigenvalue weighted by Gasteiger charge is 2.25. The molecular formula is C18H21N5O2S. The minimum atomic E-state index is -0.00631. The maximum atomic E-state index is 12.5. The number of piperazine rings is 1. The molecule has 0 bridgehead atoms. The molecule has 26 heavy (non-hydrogen) atoms. The lowest BCUT2D eigenvalue weighted by Gasteiger charge is -2.34. The van der Waals surface area contributed by atoms with Crippen LogP contribution in [-0.2, 0) is 7.05 Å². The van der Waals surface area contributed by atoms with Crippen LogP contribution in [0.5, 0.6) is 5.75 Å². The molecular weight excluding hydrogens is 350 g/mol. The molecule has 7 nitrogen and oxygen atoms in total. The standard InChI is InChI=1S/C18H21N5O2S/c1-3-25-14-5-4-6-15-16(14)19-18(26-15)23-11-9-22(10-12-23)17(24)13-7-8-21(2)20-13/h4-8H,3,9-12H2,1-2H3. The molecule has 1 aliphatic rings. The Morgan fingerprint density at radius 1 is 1.23 bits per heavy atom. The first-order valence-corrected chi connectivity index (χ1v) is 9.53. The minimum absolute atomic E-state index is 0.00631. The highest BCUT2D eigenvalue weighted by molar-refractivity contribution is 7.22. The maximum absolute atomic E-state index is 12.5. The zero-order valence-electron chi connectivity index (χ0n) is 14.9.